The lowest BCUT2D eigenvalue weighted by Gasteiger charge is -2.22. The minimum Gasteiger partial charge on any atom is -0.298 e. The van der Waals surface area contributed by atoms with Crippen molar-refractivity contribution in [2.45, 2.75) is 51.6 Å². The fraction of sp³-hybridized carbons (Fsp3) is 0.409. The zero-order valence-electron chi connectivity index (χ0n) is 17.1. The van der Waals surface area contributed by atoms with Gasteiger partial charge in [-0.2, -0.15) is 5.10 Å². The van der Waals surface area contributed by atoms with Crippen molar-refractivity contribution in [3.8, 4) is 0 Å². The third kappa shape index (κ3) is 4.57. The van der Waals surface area contributed by atoms with Gasteiger partial charge in [0.05, 0.1) is 11.7 Å². The van der Waals surface area contributed by atoms with E-state index in [4.69, 9.17) is 4.98 Å². The number of thiazole rings is 1. The molecule has 1 aliphatic rings. The number of likely N-dealkylation sites (tertiary alicyclic amines) is 1. The molecule has 0 saturated carbocycles. The molecule has 0 radical (unpaired) electrons. The molecule has 6 nitrogen and oxygen atoms in total. The van der Waals surface area contributed by atoms with Gasteiger partial charge in [-0.05, 0) is 48.6 Å². The fourth-order valence-electron chi connectivity index (χ4n) is 3.73. The lowest BCUT2D eigenvalue weighted by Crippen LogP contribution is -2.23. The molecule has 0 aliphatic carbocycles. The van der Waals surface area contributed by atoms with Crippen LogP contribution in [0.4, 0.5) is 5.13 Å². The summed E-state index contributed by atoms with van der Waals surface area (Å²) in [5.41, 5.74) is 4.08. The lowest BCUT2D eigenvalue weighted by atomic mass is 9.87. The van der Waals surface area contributed by atoms with E-state index in [0.29, 0.717) is 10.7 Å². The highest BCUT2D eigenvalue weighted by Crippen LogP contribution is 2.34. The van der Waals surface area contributed by atoms with E-state index in [9.17, 15) is 4.79 Å². The Morgan fingerprint density at radius 3 is 2.76 bits per heavy atom. The zero-order chi connectivity index (χ0) is 20.4. The summed E-state index contributed by atoms with van der Waals surface area (Å²) >= 11 is 1.49. The maximum Gasteiger partial charge on any atom is 0.257 e. The van der Waals surface area contributed by atoms with Crippen LogP contribution in [0.5, 0.6) is 0 Å². The molecule has 2 N–H and O–H groups in total. The first-order valence-electron chi connectivity index (χ1n) is 10.00. The molecule has 0 unspecified atom stereocenters. The number of H-pyrrole nitrogens is 1. The maximum absolute atomic E-state index is 12.6. The smallest absolute Gasteiger partial charge is 0.257 e. The van der Waals surface area contributed by atoms with Crippen LogP contribution in [0.25, 0.3) is 0 Å². The molecular weight excluding hydrogens is 382 g/mol. The van der Waals surface area contributed by atoms with E-state index in [0.717, 1.165) is 37.3 Å². The minimum absolute atomic E-state index is 0.0720. The van der Waals surface area contributed by atoms with Crippen LogP contribution in [-0.4, -0.2) is 32.5 Å². The van der Waals surface area contributed by atoms with Gasteiger partial charge in [-0.3, -0.25) is 20.1 Å². The van der Waals surface area contributed by atoms with Crippen molar-refractivity contribution >= 4 is 22.4 Å². The Kier molecular flexibility index (Phi) is 5.52. The molecule has 1 aliphatic heterocycles. The molecule has 1 fully saturated rings. The number of carbonyl (C=O) groups is 1. The molecule has 152 valence electrons. The molecular formula is C22H27N5OS. The van der Waals surface area contributed by atoms with Gasteiger partial charge in [0.1, 0.15) is 0 Å². The van der Waals surface area contributed by atoms with Gasteiger partial charge in [0.25, 0.3) is 5.91 Å². The molecule has 0 spiro atoms. The second-order valence-corrected chi connectivity index (χ2v) is 9.43. The SMILES string of the molecule is CC(C)(C)c1ccc(C(=O)Nc2nc([C@H]3CCCN3Cc3ccn[nH]3)cs2)cc1. The summed E-state index contributed by atoms with van der Waals surface area (Å²) in [6, 6.07) is 10.1. The first kappa shape index (κ1) is 19.8. The standard InChI is InChI=1S/C22H27N5OS/c1-22(2,3)16-8-6-15(7-9-16)20(28)25-21-24-18(14-29-21)19-5-4-12-27(19)13-17-10-11-23-26-17/h6-11,14,19H,4-5,12-13H2,1-3H3,(H,23,26)(H,24,25,28)/t19-/m1/s1. The molecule has 1 amide bonds. The summed E-state index contributed by atoms with van der Waals surface area (Å²) in [5, 5.41) is 12.7. The molecule has 1 saturated heterocycles. The summed E-state index contributed by atoms with van der Waals surface area (Å²) in [5.74, 6) is -0.118. The fourth-order valence-corrected chi connectivity index (χ4v) is 4.48. The molecule has 1 aromatic carbocycles. The van der Waals surface area contributed by atoms with Crippen molar-refractivity contribution in [2.24, 2.45) is 0 Å². The van der Waals surface area contributed by atoms with Gasteiger partial charge in [-0.1, -0.05) is 32.9 Å². The quantitative estimate of drug-likeness (QED) is 0.638. The number of hydrogen-bond acceptors (Lipinski definition) is 5. The monoisotopic (exact) mass is 409 g/mol. The third-order valence-corrected chi connectivity index (χ3v) is 6.17. The molecule has 4 rings (SSSR count). The Morgan fingerprint density at radius 2 is 2.07 bits per heavy atom. The highest BCUT2D eigenvalue weighted by atomic mass is 32.1. The van der Waals surface area contributed by atoms with E-state index in [-0.39, 0.29) is 17.4 Å². The van der Waals surface area contributed by atoms with Crippen molar-refractivity contribution in [1.29, 1.82) is 0 Å². The van der Waals surface area contributed by atoms with E-state index < -0.39 is 0 Å². The van der Waals surface area contributed by atoms with Crippen molar-refractivity contribution in [1.82, 2.24) is 20.1 Å². The molecule has 7 heteroatoms. The third-order valence-electron chi connectivity index (χ3n) is 5.39. The van der Waals surface area contributed by atoms with E-state index in [1.165, 1.54) is 16.9 Å². The summed E-state index contributed by atoms with van der Waals surface area (Å²) < 4.78 is 0. The van der Waals surface area contributed by atoms with Gasteiger partial charge in [0.15, 0.2) is 5.13 Å². The largest absolute Gasteiger partial charge is 0.298 e. The minimum atomic E-state index is -0.118. The van der Waals surface area contributed by atoms with Crippen LogP contribution >= 0.6 is 11.3 Å². The molecule has 2 aromatic heterocycles. The number of anilines is 1. The average Bonchev–Trinajstić information content (AvgIpc) is 3.43. The van der Waals surface area contributed by atoms with Crippen LogP contribution in [0.3, 0.4) is 0 Å². The molecule has 29 heavy (non-hydrogen) atoms. The Labute approximate surface area is 175 Å². The normalized spacial score (nSPS) is 17.6. The summed E-state index contributed by atoms with van der Waals surface area (Å²) in [7, 11) is 0. The van der Waals surface area contributed by atoms with Crippen LogP contribution < -0.4 is 5.32 Å². The predicted octanol–water partition coefficient (Wildman–Crippen LogP) is 4.75. The van der Waals surface area contributed by atoms with Gasteiger partial charge < -0.3 is 0 Å². The highest BCUT2D eigenvalue weighted by Gasteiger charge is 2.28. The lowest BCUT2D eigenvalue weighted by molar-refractivity contribution is 0.102. The van der Waals surface area contributed by atoms with Gasteiger partial charge in [0, 0.05) is 29.4 Å². The van der Waals surface area contributed by atoms with Gasteiger partial charge in [-0.15, -0.1) is 11.3 Å². The second-order valence-electron chi connectivity index (χ2n) is 8.57. The number of aromatic amines is 1. The van der Waals surface area contributed by atoms with Crippen molar-refractivity contribution in [3.63, 3.8) is 0 Å². The van der Waals surface area contributed by atoms with Crippen LogP contribution in [0.2, 0.25) is 0 Å². The second kappa shape index (κ2) is 8.08. The average molecular weight is 410 g/mol. The Balaban J connectivity index is 1.41. The van der Waals surface area contributed by atoms with Crippen LogP contribution in [0, 0.1) is 0 Å². The van der Waals surface area contributed by atoms with Gasteiger partial charge >= 0.3 is 0 Å². The topological polar surface area (TPSA) is 73.9 Å². The van der Waals surface area contributed by atoms with E-state index >= 15 is 0 Å². The number of nitrogens with zero attached hydrogens (tertiary/aromatic N) is 3. The summed E-state index contributed by atoms with van der Waals surface area (Å²) in [6.07, 6.45) is 4.02. The predicted molar refractivity (Wildman–Crippen MR) is 116 cm³/mol. The first-order chi connectivity index (χ1) is 13.9. The van der Waals surface area contributed by atoms with Crippen molar-refractivity contribution in [2.75, 3.05) is 11.9 Å². The van der Waals surface area contributed by atoms with Gasteiger partial charge in [0.2, 0.25) is 0 Å². The van der Waals surface area contributed by atoms with Crippen LogP contribution in [-0.2, 0) is 12.0 Å². The zero-order valence-corrected chi connectivity index (χ0v) is 17.9. The van der Waals surface area contributed by atoms with Crippen molar-refractivity contribution < 1.29 is 4.79 Å². The maximum atomic E-state index is 12.6. The van der Waals surface area contributed by atoms with Crippen molar-refractivity contribution in [3.05, 3.63) is 64.4 Å². The number of aromatic nitrogens is 3. The number of hydrogen-bond donors (Lipinski definition) is 2. The Hall–Kier alpha value is -2.51. The molecule has 3 aromatic rings. The molecule has 3 heterocycles. The number of carbonyl (C=O) groups excluding carboxylic acids is 1. The van der Waals surface area contributed by atoms with E-state index in [1.54, 1.807) is 6.20 Å². The Bertz CT molecular complexity index is 956. The summed E-state index contributed by atoms with van der Waals surface area (Å²) in [6.45, 7) is 8.38. The molecule has 1 atom stereocenters. The number of nitrogens with one attached hydrogen (secondary N) is 2. The Morgan fingerprint density at radius 1 is 1.28 bits per heavy atom. The summed E-state index contributed by atoms with van der Waals surface area (Å²) in [4.78, 5) is 19.7. The number of amides is 1. The molecule has 0 bridgehead atoms. The number of rotatable bonds is 5. The van der Waals surface area contributed by atoms with Crippen LogP contribution in [0.15, 0.2) is 41.9 Å². The number of benzene rings is 1. The van der Waals surface area contributed by atoms with Crippen LogP contribution in [0.1, 0.15) is 67.0 Å². The van der Waals surface area contributed by atoms with E-state index in [1.807, 2.05) is 30.3 Å². The van der Waals surface area contributed by atoms with Gasteiger partial charge in [-0.25, -0.2) is 4.98 Å². The van der Waals surface area contributed by atoms with E-state index in [2.05, 4.69) is 46.6 Å². The highest BCUT2D eigenvalue weighted by molar-refractivity contribution is 7.14. The first-order valence-corrected chi connectivity index (χ1v) is 10.9.